The predicted octanol–water partition coefficient (Wildman–Crippen LogP) is 0.0626. The molecule has 1 heterocycles. The molecule has 0 saturated heterocycles. The van der Waals surface area contributed by atoms with E-state index in [1.807, 2.05) is 0 Å². The van der Waals surface area contributed by atoms with Gasteiger partial charge >= 0.3 is 5.69 Å². The second kappa shape index (κ2) is 3.82. The number of imidazole rings is 1. The smallest absolute Gasteiger partial charge is 0.306 e. The first-order valence-electron chi connectivity index (χ1n) is 4.76. The third kappa shape index (κ3) is 1.96. The molecule has 1 amide bonds. The molecule has 0 fully saturated rings. The molecule has 2 rings (SSSR count). The van der Waals surface area contributed by atoms with Gasteiger partial charge in [-0.2, -0.15) is 0 Å². The average molecular weight is 220 g/mol. The zero-order chi connectivity index (χ0) is 11.7. The van der Waals surface area contributed by atoms with Gasteiger partial charge in [-0.05, 0) is 18.2 Å². The second-order valence-electron chi connectivity index (χ2n) is 3.67. The second-order valence-corrected chi connectivity index (χ2v) is 3.67. The zero-order valence-corrected chi connectivity index (χ0v) is 9.00. The summed E-state index contributed by atoms with van der Waals surface area (Å²) >= 11 is 0. The molecule has 0 aliphatic carbocycles. The molecule has 1 aromatic heterocycles. The third-order valence-corrected chi connectivity index (χ3v) is 2.10. The monoisotopic (exact) mass is 220 g/mol. The highest BCUT2D eigenvalue weighted by Gasteiger charge is 2.07. The molecule has 0 radical (unpaired) electrons. The Balaban J connectivity index is 2.38. The minimum atomic E-state index is -0.278. The van der Waals surface area contributed by atoms with Crippen molar-refractivity contribution >= 4 is 16.9 Å². The van der Waals surface area contributed by atoms with E-state index >= 15 is 0 Å². The van der Waals surface area contributed by atoms with Crippen molar-refractivity contribution in [3.63, 3.8) is 0 Å². The molecule has 0 atom stereocenters. The Bertz CT molecular complexity index is 582. The number of aromatic amines is 2. The Kier molecular flexibility index (Phi) is 2.49. The van der Waals surface area contributed by atoms with Gasteiger partial charge in [-0.3, -0.25) is 10.2 Å². The minimum Gasteiger partial charge on any atom is -0.306 e. The fourth-order valence-corrected chi connectivity index (χ4v) is 1.44. The summed E-state index contributed by atoms with van der Waals surface area (Å²) in [6, 6.07) is 4.98. The minimum absolute atomic E-state index is 0.214. The highest BCUT2D eigenvalue weighted by molar-refractivity contribution is 5.96. The fraction of sp³-hybridized carbons (Fsp3) is 0.200. The number of rotatable bonds is 2. The molecule has 3 N–H and O–H groups in total. The van der Waals surface area contributed by atoms with E-state index in [1.54, 1.807) is 37.3 Å². The van der Waals surface area contributed by atoms with Crippen molar-refractivity contribution in [2.75, 3.05) is 14.1 Å². The van der Waals surface area contributed by atoms with E-state index in [0.29, 0.717) is 16.6 Å². The molecule has 16 heavy (non-hydrogen) atoms. The van der Waals surface area contributed by atoms with E-state index in [4.69, 9.17) is 0 Å². The quantitative estimate of drug-likeness (QED) is 0.626. The Morgan fingerprint density at radius 3 is 2.62 bits per heavy atom. The molecule has 0 spiro atoms. The van der Waals surface area contributed by atoms with Crippen LogP contribution in [0.4, 0.5) is 0 Å². The molecule has 0 saturated carbocycles. The van der Waals surface area contributed by atoms with E-state index in [2.05, 4.69) is 15.4 Å². The number of hydrazine groups is 1. The lowest BCUT2D eigenvalue weighted by atomic mass is 10.2. The molecule has 6 heteroatoms. The standard InChI is InChI=1S/C10H12N4O2/c1-14(2)13-9(15)6-3-4-7-8(5-6)12-10(16)11-7/h3-5H,1-2H3,(H,13,15)(H2,11,12,16). The first-order chi connectivity index (χ1) is 7.56. The lowest BCUT2D eigenvalue weighted by Crippen LogP contribution is -2.36. The largest absolute Gasteiger partial charge is 0.323 e. The van der Waals surface area contributed by atoms with Crippen LogP contribution in [0.5, 0.6) is 0 Å². The SMILES string of the molecule is CN(C)NC(=O)c1ccc2[nH]c(=O)[nH]c2c1. The summed E-state index contributed by atoms with van der Waals surface area (Å²) in [6.45, 7) is 0. The highest BCUT2D eigenvalue weighted by atomic mass is 16.2. The van der Waals surface area contributed by atoms with Crippen LogP contribution >= 0.6 is 0 Å². The topological polar surface area (TPSA) is 81.0 Å². The summed E-state index contributed by atoms with van der Waals surface area (Å²) in [6.07, 6.45) is 0. The number of benzene rings is 1. The van der Waals surface area contributed by atoms with Crippen LogP contribution in [0.15, 0.2) is 23.0 Å². The lowest BCUT2D eigenvalue weighted by molar-refractivity contribution is 0.0857. The summed E-state index contributed by atoms with van der Waals surface area (Å²) < 4.78 is 0. The summed E-state index contributed by atoms with van der Waals surface area (Å²) in [5, 5.41) is 1.56. The van der Waals surface area contributed by atoms with Crippen LogP contribution in [-0.4, -0.2) is 35.0 Å². The number of nitrogens with zero attached hydrogens (tertiary/aromatic N) is 1. The van der Waals surface area contributed by atoms with Crippen molar-refractivity contribution in [3.8, 4) is 0 Å². The van der Waals surface area contributed by atoms with Crippen LogP contribution in [-0.2, 0) is 0 Å². The van der Waals surface area contributed by atoms with Crippen LogP contribution < -0.4 is 11.1 Å². The van der Waals surface area contributed by atoms with E-state index in [1.165, 1.54) is 0 Å². The van der Waals surface area contributed by atoms with E-state index in [0.717, 1.165) is 0 Å². The van der Waals surface area contributed by atoms with Crippen molar-refractivity contribution < 1.29 is 4.79 Å². The molecule has 84 valence electrons. The van der Waals surface area contributed by atoms with E-state index in [-0.39, 0.29) is 11.6 Å². The van der Waals surface area contributed by atoms with Crippen molar-refractivity contribution in [1.82, 2.24) is 20.4 Å². The van der Waals surface area contributed by atoms with Crippen LogP contribution in [0, 0.1) is 0 Å². The van der Waals surface area contributed by atoms with Gasteiger partial charge in [-0.15, -0.1) is 0 Å². The summed E-state index contributed by atoms with van der Waals surface area (Å²) in [5.41, 5.74) is 4.15. The van der Waals surface area contributed by atoms with Gasteiger partial charge in [0, 0.05) is 19.7 Å². The summed E-state index contributed by atoms with van der Waals surface area (Å²) in [4.78, 5) is 27.9. The molecule has 0 unspecified atom stereocenters. The van der Waals surface area contributed by atoms with Gasteiger partial charge in [0.2, 0.25) is 0 Å². The maximum absolute atomic E-state index is 11.7. The molecule has 0 aliphatic rings. The van der Waals surface area contributed by atoms with Gasteiger partial charge in [-0.25, -0.2) is 9.80 Å². The molecule has 6 nitrogen and oxygen atoms in total. The molecular weight excluding hydrogens is 208 g/mol. The molecular formula is C10H12N4O2. The Labute approximate surface area is 91.2 Å². The number of nitrogens with one attached hydrogen (secondary N) is 3. The number of carbonyl (C=O) groups excluding carboxylic acids is 1. The van der Waals surface area contributed by atoms with Gasteiger partial charge in [0.25, 0.3) is 5.91 Å². The van der Waals surface area contributed by atoms with Crippen molar-refractivity contribution in [2.24, 2.45) is 0 Å². The van der Waals surface area contributed by atoms with Crippen LogP contribution in [0.2, 0.25) is 0 Å². The lowest BCUT2D eigenvalue weighted by Gasteiger charge is -2.11. The Morgan fingerprint density at radius 1 is 1.25 bits per heavy atom. The number of H-pyrrole nitrogens is 2. The van der Waals surface area contributed by atoms with Crippen molar-refractivity contribution in [1.29, 1.82) is 0 Å². The molecule has 0 bridgehead atoms. The number of carbonyl (C=O) groups is 1. The summed E-state index contributed by atoms with van der Waals surface area (Å²) in [7, 11) is 3.46. The van der Waals surface area contributed by atoms with E-state index in [9.17, 15) is 9.59 Å². The summed E-state index contributed by atoms with van der Waals surface area (Å²) in [5.74, 6) is -0.214. The van der Waals surface area contributed by atoms with Gasteiger partial charge in [-0.1, -0.05) is 0 Å². The highest BCUT2D eigenvalue weighted by Crippen LogP contribution is 2.09. The normalized spacial score (nSPS) is 10.9. The van der Waals surface area contributed by atoms with Crippen molar-refractivity contribution in [3.05, 3.63) is 34.2 Å². The van der Waals surface area contributed by atoms with E-state index < -0.39 is 0 Å². The maximum atomic E-state index is 11.7. The predicted molar refractivity (Wildman–Crippen MR) is 60.1 cm³/mol. The van der Waals surface area contributed by atoms with Crippen LogP contribution in [0.1, 0.15) is 10.4 Å². The first kappa shape index (κ1) is 10.4. The number of amides is 1. The van der Waals surface area contributed by atoms with Gasteiger partial charge in [0.1, 0.15) is 0 Å². The van der Waals surface area contributed by atoms with Crippen LogP contribution in [0.3, 0.4) is 0 Å². The Hall–Kier alpha value is -2.08. The van der Waals surface area contributed by atoms with Gasteiger partial charge in [0.05, 0.1) is 11.0 Å². The first-order valence-corrected chi connectivity index (χ1v) is 4.76. The Morgan fingerprint density at radius 2 is 1.94 bits per heavy atom. The molecule has 1 aromatic carbocycles. The van der Waals surface area contributed by atoms with Gasteiger partial charge in [0.15, 0.2) is 0 Å². The number of fused-ring (bicyclic) bond motifs is 1. The number of hydrogen-bond acceptors (Lipinski definition) is 3. The van der Waals surface area contributed by atoms with Crippen LogP contribution in [0.25, 0.3) is 11.0 Å². The third-order valence-electron chi connectivity index (χ3n) is 2.10. The number of hydrogen-bond donors (Lipinski definition) is 3. The maximum Gasteiger partial charge on any atom is 0.323 e. The zero-order valence-electron chi connectivity index (χ0n) is 9.00. The fourth-order valence-electron chi connectivity index (χ4n) is 1.44. The average Bonchev–Trinajstić information content (AvgIpc) is 2.55. The van der Waals surface area contributed by atoms with Gasteiger partial charge < -0.3 is 9.97 Å². The molecule has 2 aromatic rings. The molecule has 0 aliphatic heterocycles. The number of aromatic nitrogens is 2. The van der Waals surface area contributed by atoms with Crippen molar-refractivity contribution in [2.45, 2.75) is 0 Å².